The van der Waals surface area contributed by atoms with Crippen LogP contribution in [0.4, 0.5) is 0 Å². The van der Waals surface area contributed by atoms with Crippen molar-refractivity contribution < 1.29 is 13.9 Å². The van der Waals surface area contributed by atoms with E-state index in [0.717, 1.165) is 4.47 Å². The summed E-state index contributed by atoms with van der Waals surface area (Å²) in [6, 6.07) is 3.40. The number of ether oxygens (including phenoxy) is 1. The molecule has 0 amide bonds. The van der Waals surface area contributed by atoms with Crippen molar-refractivity contribution in [2.45, 2.75) is 13.8 Å². The molecule has 3 nitrogen and oxygen atoms in total. The van der Waals surface area contributed by atoms with Gasteiger partial charge in [0.05, 0.1) is 6.61 Å². The van der Waals surface area contributed by atoms with Crippen molar-refractivity contribution in [3.05, 3.63) is 33.0 Å². The van der Waals surface area contributed by atoms with Crippen LogP contribution < -0.4 is 0 Å². The second-order valence-corrected chi connectivity index (χ2v) is 4.81. The van der Waals surface area contributed by atoms with Crippen molar-refractivity contribution in [2.24, 2.45) is 0 Å². The molecule has 0 fully saturated rings. The number of benzene rings is 1. The number of aryl methyl sites for hydroxylation is 1. The van der Waals surface area contributed by atoms with Crippen LogP contribution in [0, 0.1) is 6.92 Å². The number of hydrogen-bond donors (Lipinski definition) is 0. The van der Waals surface area contributed by atoms with E-state index in [4.69, 9.17) is 20.8 Å². The number of hydrogen-bond acceptors (Lipinski definition) is 3. The molecule has 0 saturated carbocycles. The number of fused-ring (bicyclic) bond motifs is 1. The summed E-state index contributed by atoms with van der Waals surface area (Å²) in [6.45, 7) is 3.82. The van der Waals surface area contributed by atoms with E-state index in [1.54, 1.807) is 26.0 Å². The standard InChI is InChI=1S/C12H10BrClO3/c1-3-16-12(15)10-6(2)17-9-5-7(14)4-8(13)11(9)10/h4-5H,3H2,1-2H3. The van der Waals surface area contributed by atoms with Crippen molar-refractivity contribution in [1.29, 1.82) is 0 Å². The Bertz CT molecular complexity index is 589. The number of carbonyl (C=O) groups is 1. The molecule has 5 heteroatoms. The fourth-order valence-corrected chi connectivity index (χ4v) is 2.69. The summed E-state index contributed by atoms with van der Waals surface area (Å²) in [5.41, 5.74) is 1.02. The molecule has 0 bridgehead atoms. The van der Waals surface area contributed by atoms with Crippen molar-refractivity contribution in [3.8, 4) is 0 Å². The Labute approximate surface area is 112 Å². The smallest absolute Gasteiger partial charge is 0.342 e. The van der Waals surface area contributed by atoms with Gasteiger partial charge in [-0.25, -0.2) is 4.79 Å². The molecular formula is C12H10BrClO3. The van der Waals surface area contributed by atoms with Gasteiger partial charge >= 0.3 is 5.97 Å². The molecule has 2 rings (SSSR count). The highest BCUT2D eigenvalue weighted by Gasteiger charge is 2.21. The Kier molecular flexibility index (Phi) is 3.45. The maximum Gasteiger partial charge on any atom is 0.342 e. The molecule has 0 spiro atoms. The molecule has 0 radical (unpaired) electrons. The lowest BCUT2D eigenvalue weighted by molar-refractivity contribution is 0.0526. The number of rotatable bonds is 2. The first-order valence-electron chi connectivity index (χ1n) is 5.09. The summed E-state index contributed by atoms with van der Waals surface area (Å²) in [5.74, 6) is 0.146. The van der Waals surface area contributed by atoms with Gasteiger partial charge in [0, 0.05) is 20.9 Å². The first kappa shape index (κ1) is 12.5. The highest BCUT2D eigenvalue weighted by atomic mass is 79.9. The van der Waals surface area contributed by atoms with E-state index in [9.17, 15) is 4.79 Å². The van der Waals surface area contributed by atoms with Crippen LogP contribution in [0.3, 0.4) is 0 Å². The monoisotopic (exact) mass is 316 g/mol. The molecule has 1 aromatic heterocycles. The van der Waals surface area contributed by atoms with E-state index >= 15 is 0 Å². The minimum atomic E-state index is -0.383. The molecule has 1 heterocycles. The lowest BCUT2D eigenvalue weighted by Crippen LogP contribution is -2.05. The molecule has 0 aliphatic heterocycles. The summed E-state index contributed by atoms with van der Waals surface area (Å²) in [6.07, 6.45) is 0. The van der Waals surface area contributed by atoms with Gasteiger partial charge in [0.25, 0.3) is 0 Å². The average molecular weight is 318 g/mol. The summed E-state index contributed by atoms with van der Waals surface area (Å²) >= 11 is 9.30. The van der Waals surface area contributed by atoms with Gasteiger partial charge in [0.1, 0.15) is 16.9 Å². The van der Waals surface area contributed by atoms with Crippen LogP contribution in [0.15, 0.2) is 21.0 Å². The molecule has 2 aromatic rings. The fraction of sp³-hybridized carbons (Fsp3) is 0.250. The van der Waals surface area contributed by atoms with Crippen LogP contribution in [-0.4, -0.2) is 12.6 Å². The van der Waals surface area contributed by atoms with Gasteiger partial charge in [0.15, 0.2) is 0 Å². The van der Waals surface area contributed by atoms with Crippen LogP contribution in [-0.2, 0) is 4.74 Å². The Hall–Kier alpha value is -1.000. The van der Waals surface area contributed by atoms with Gasteiger partial charge in [-0.3, -0.25) is 0 Å². The van der Waals surface area contributed by atoms with E-state index in [1.165, 1.54) is 0 Å². The molecule has 17 heavy (non-hydrogen) atoms. The van der Waals surface area contributed by atoms with E-state index in [1.807, 2.05) is 0 Å². The van der Waals surface area contributed by atoms with Crippen molar-refractivity contribution >= 4 is 44.5 Å². The first-order chi connectivity index (χ1) is 8.04. The summed E-state index contributed by atoms with van der Waals surface area (Å²) in [4.78, 5) is 11.8. The van der Waals surface area contributed by atoms with Crippen LogP contribution in [0.2, 0.25) is 5.02 Å². The molecular weight excluding hydrogens is 307 g/mol. The first-order valence-corrected chi connectivity index (χ1v) is 6.27. The maximum absolute atomic E-state index is 11.8. The van der Waals surface area contributed by atoms with Gasteiger partial charge in [-0.05, 0) is 35.8 Å². The zero-order valence-electron chi connectivity index (χ0n) is 9.34. The molecule has 0 unspecified atom stereocenters. The van der Waals surface area contributed by atoms with Crippen molar-refractivity contribution in [3.63, 3.8) is 0 Å². The second-order valence-electron chi connectivity index (χ2n) is 3.51. The fourth-order valence-electron chi connectivity index (χ4n) is 1.71. The van der Waals surface area contributed by atoms with Crippen LogP contribution in [0.5, 0.6) is 0 Å². The topological polar surface area (TPSA) is 39.4 Å². The predicted molar refractivity (Wildman–Crippen MR) is 69.6 cm³/mol. The van der Waals surface area contributed by atoms with E-state index < -0.39 is 0 Å². The third-order valence-corrected chi connectivity index (χ3v) is 3.21. The van der Waals surface area contributed by atoms with Crippen LogP contribution in [0.1, 0.15) is 23.0 Å². The number of furan rings is 1. The van der Waals surface area contributed by atoms with Gasteiger partial charge in [-0.2, -0.15) is 0 Å². The molecule has 0 N–H and O–H groups in total. The van der Waals surface area contributed by atoms with Crippen LogP contribution >= 0.6 is 27.5 Å². The second kappa shape index (κ2) is 4.70. The molecule has 1 aromatic carbocycles. The highest BCUT2D eigenvalue weighted by molar-refractivity contribution is 9.10. The van der Waals surface area contributed by atoms with Crippen LogP contribution in [0.25, 0.3) is 11.0 Å². The summed E-state index contributed by atoms with van der Waals surface area (Å²) < 4.78 is 11.2. The lowest BCUT2D eigenvalue weighted by atomic mass is 10.1. The van der Waals surface area contributed by atoms with E-state index in [0.29, 0.717) is 33.9 Å². The normalized spacial score (nSPS) is 10.8. The molecule has 0 atom stereocenters. The Morgan fingerprint density at radius 3 is 2.88 bits per heavy atom. The number of carbonyl (C=O) groups excluding carboxylic acids is 1. The molecule has 90 valence electrons. The lowest BCUT2D eigenvalue weighted by Gasteiger charge is -2.01. The zero-order chi connectivity index (χ0) is 12.6. The number of esters is 1. The quantitative estimate of drug-likeness (QED) is 0.774. The minimum absolute atomic E-state index is 0.330. The average Bonchev–Trinajstić information content (AvgIpc) is 2.54. The summed E-state index contributed by atoms with van der Waals surface area (Å²) in [5, 5.41) is 1.25. The SMILES string of the molecule is CCOC(=O)c1c(C)oc2cc(Cl)cc(Br)c12. The zero-order valence-corrected chi connectivity index (χ0v) is 11.7. The van der Waals surface area contributed by atoms with Gasteiger partial charge in [-0.15, -0.1) is 0 Å². The Morgan fingerprint density at radius 1 is 1.53 bits per heavy atom. The van der Waals surface area contributed by atoms with Crippen molar-refractivity contribution in [2.75, 3.05) is 6.61 Å². The maximum atomic E-state index is 11.8. The van der Waals surface area contributed by atoms with Gasteiger partial charge in [-0.1, -0.05) is 11.6 Å². The highest BCUT2D eigenvalue weighted by Crippen LogP contribution is 2.34. The molecule has 0 saturated heterocycles. The number of halogens is 2. The van der Waals surface area contributed by atoms with E-state index in [2.05, 4.69) is 15.9 Å². The summed E-state index contributed by atoms with van der Waals surface area (Å²) in [7, 11) is 0. The van der Waals surface area contributed by atoms with Crippen molar-refractivity contribution in [1.82, 2.24) is 0 Å². The Morgan fingerprint density at radius 2 is 2.24 bits per heavy atom. The van der Waals surface area contributed by atoms with Gasteiger partial charge < -0.3 is 9.15 Å². The Balaban J connectivity index is 2.71. The third-order valence-electron chi connectivity index (χ3n) is 2.36. The van der Waals surface area contributed by atoms with Gasteiger partial charge in [0.2, 0.25) is 0 Å². The largest absolute Gasteiger partial charge is 0.462 e. The minimum Gasteiger partial charge on any atom is -0.462 e. The molecule has 0 aliphatic carbocycles. The molecule has 0 aliphatic rings. The van der Waals surface area contributed by atoms with E-state index in [-0.39, 0.29) is 5.97 Å². The predicted octanol–water partition coefficient (Wildman–Crippen LogP) is 4.33. The third kappa shape index (κ3) is 2.19.